The van der Waals surface area contributed by atoms with Crippen LogP contribution in [0.15, 0.2) is 23.0 Å². The number of methoxy groups -OCH3 is 1. The van der Waals surface area contributed by atoms with Crippen LogP contribution >= 0.6 is 0 Å². The first-order valence-electron chi connectivity index (χ1n) is 3.84. The molecule has 0 saturated heterocycles. The molecule has 6 nitrogen and oxygen atoms in total. The Bertz CT molecular complexity index is 432. The molecule has 6 heteroatoms. The van der Waals surface area contributed by atoms with Gasteiger partial charge in [-0.2, -0.15) is 10.3 Å². The van der Waals surface area contributed by atoms with Crippen LogP contribution in [0.5, 0.6) is 0 Å². The molecule has 2 heterocycles. The number of hydrogen-bond donors (Lipinski definition) is 1. The van der Waals surface area contributed by atoms with Crippen molar-refractivity contribution < 1.29 is 13.9 Å². The van der Waals surface area contributed by atoms with Gasteiger partial charge in [-0.15, -0.1) is 5.10 Å². The Kier molecular flexibility index (Phi) is 2.02. The number of carbonyl (C=O) groups excluding carboxylic acids is 1. The van der Waals surface area contributed by atoms with E-state index in [9.17, 15) is 4.79 Å². The number of ether oxygens (including phenoxy) is 1. The van der Waals surface area contributed by atoms with Crippen molar-refractivity contribution in [1.82, 2.24) is 15.4 Å². The molecule has 2 aromatic rings. The minimum atomic E-state index is -0.532. The second-order valence-electron chi connectivity index (χ2n) is 2.52. The van der Waals surface area contributed by atoms with Crippen molar-refractivity contribution in [2.24, 2.45) is 0 Å². The van der Waals surface area contributed by atoms with Crippen LogP contribution in [-0.2, 0) is 4.74 Å². The molecule has 0 aliphatic heterocycles. The minimum absolute atomic E-state index is 0.147. The van der Waals surface area contributed by atoms with Crippen LogP contribution in [0.2, 0.25) is 0 Å². The predicted molar refractivity (Wildman–Crippen MR) is 45.4 cm³/mol. The highest BCUT2D eigenvalue weighted by Crippen LogP contribution is 2.19. The van der Waals surface area contributed by atoms with Crippen molar-refractivity contribution in [3.05, 3.63) is 24.3 Å². The second kappa shape index (κ2) is 3.33. The van der Waals surface area contributed by atoms with Gasteiger partial charge in [0.2, 0.25) is 0 Å². The third-order valence-electron chi connectivity index (χ3n) is 1.72. The molecule has 0 spiro atoms. The summed E-state index contributed by atoms with van der Waals surface area (Å²) in [7, 11) is 1.29. The molecule has 0 aromatic carbocycles. The summed E-state index contributed by atoms with van der Waals surface area (Å²) in [6.45, 7) is 0. The SMILES string of the molecule is COC(=O)c1n[nH]nc1-c1ccoc1. The molecule has 0 bridgehead atoms. The fourth-order valence-electron chi connectivity index (χ4n) is 1.07. The smallest absolute Gasteiger partial charge is 0.360 e. The van der Waals surface area contributed by atoms with Gasteiger partial charge in [-0.25, -0.2) is 4.79 Å². The maximum absolute atomic E-state index is 11.2. The van der Waals surface area contributed by atoms with Crippen molar-refractivity contribution >= 4 is 5.97 Å². The molecule has 0 atom stereocenters. The van der Waals surface area contributed by atoms with Crippen LogP contribution in [0.3, 0.4) is 0 Å². The third-order valence-corrected chi connectivity index (χ3v) is 1.72. The molecule has 0 aliphatic rings. The van der Waals surface area contributed by atoms with E-state index in [0.717, 1.165) is 0 Å². The van der Waals surface area contributed by atoms with Gasteiger partial charge in [-0.1, -0.05) is 0 Å². The van der Waals surface area contributed by atoms with E-state index in [2.05, 4.69) is 20.1 Å². The van der Waals surface area contributed by atoms with Gasteiger partial charge < -0.3 is 9.15 Å². The van der Waals surface area contributed by atoms with Crippen molar-refractivity contribution in [3.8, 4) is 11.3 Å². The van der Waals surface area contributed by atoms with E-state index in [4.69, 9.17) is 4.42 Å². The summed E-state index contributed by atoms with van der Waals surface area (Å²) in [4.78, 5) is 11.2. The number of aromatic nitrogens is 3. The van der Waals surface area contributed by atoms with Gasteiger partial charge in [0.05, 0.1) is 19.6 Å². The number of rotatable bonds is 2. The monoisotopic (exact) mass is 193 g/mol. The van der Waals surface area contributed by atoms with Gasteiger partial charge in [-0.05, 0) is 6.07 Å². The fraction of sp³-hybridized carbons (Fsp3) is 0.125. The van der Waals surface area contributed by atoms with Gasteiger partial charge >= 0.3 is 5.97 Å². The summed E-state index contributed by atoms with van der Waals surface area (Å²) in [6, 6.07) is 1.68. The molecular weight excluding hydrogens is 186 g/mol. The largest absolute Gasteiger partial charge is 0.472 e. The molecule has 14 heavy (non-hydrogen) atoms. The van der Waals surface area contributed by atoms with Crippen molar-refractivity contribution in [1.29, 1.82) is 0 Å². The van der Waals surface area contributed by atoms with Crippen LogP contribution in [-0.4, -0.2) is 28.5 Å². The van der Waals surface area contributed by atoms with E-state index in [1.807, 2.05) is 0 Å². The van der Waals surface area contributed by atoms with Crippen LogP contribution < -0.4 is 0 Å². The fourth-order valence-corrected chi connectivity index (χ4v) is 1.07. The highest BCUT2D eigenvalue weighted by molar-refractivity contribution is 5.93. The molecule has 0 radical (unpaired) electrons. The van der Waals surface area contributed by atoms with E-state index >= 15 is 0 Å². The lowest BCUT2D eigenvalue weighted by Gasteiger charge is -1.94. The Morgan fingerprint density at radius 2 is 2.43 bits per heavy atom. The maximum Gasteiger partial charge on any atom is 0.360 e. The molecule has 0 unspecified atom stereocenters. The molecule has 0 saturated carbocycles. The van der Waals surface area contributed by atoms with Crippen LogP contribution in [0.25, 0.3) is 11.3 Å². The highest BCUT2D eigenvalue weighted by atomic mass is 16.5. The van der Waals surface area contributed by atoms with E-state index < -0.39 is 5.97 Å². The summed E-state index contributed by atoms with van der Waals surface area (Å²) in [5.74, 6) is -0.532. The normalized spacial score (nSPS) is 10.1. The summed E-state index contributed by atoms with van der Waals surface area (Å²) in [5.41, 5.74) is 1.25. The Morgan fingerprint density at radius 3 is 3.07 bits per heavy atom. The highest BCUT2D eigenvalue weighted by Gasteiger charge is 2.18. The standard InChI is InChI=1S/C8H7N3O3/c1-13-8(12)7-6(9-11-10-7)5-2-3-14-4-5/h2-4H,1H3,(H,9,10,11). The first-order chi connectivity index (χ1) is 6.83. The molecule has 0 fully saturated rings. The quantitative estimate of drug-likeness (QED) is 0.715. The molecule has 2 aromatic heterocycles. The zero-order valence-corrected chi connectivity index (χ0v) is 7.35. The zero-order valence-electron chi connectivity index (χ0n) is 7.35. The van der Waals surface area contributed by atoms with Crippen LogP contribution in [0.1, 0.15) is 10.5 Å². The van der Waals surface area contributed by atoms with Gasteiger partial charge in [0.25, 0.3) is 0 Å². The van der Waals surface area contributed by atoms with Gasteiger partial charge in [0.15, 0.2) is 5.69 Å². The van der Waals surface area contributed by atoms with Crippen molar-refractivity contribution in [2.45, 2.75) is 0 Å². The molecule has 0 aliphatic carbocycles. The number of H-pyrrole nitrogens is 1. The van der Waals surface area contributed by atoms with E-state index in [1.165, 1.54) is 19.6 Å². The minimum Gasteiger partial charge on any atom is -0.472 e. The number of nitrogens with zero attached hydrogens (tertiary/aromatic N) is 2. The first kappa shape index (κ1) is 8.49. The lowest BCUT2D eigenvalue weighted by Crippen LogP contribution is -2.03. The average Bonchev–Trinajstić information content (AvgIpc) is 2.85. The Balaban J connectivity index is 2.45. The van der Waals surface area contributed by atoms with Gasteiger partial charge in [-0.3, -0.25) is 0 Å². The lowest BCUT2D eigenvalue weighted by molar-refractivity contribution is 0.0595. The maximum atomic E-state index is 11.2. The number of hydrogen-bond acceptors (Lipinski definition) is 5. The average molecular weight is 193 g/mol. The first-order valence-corrected chi connectivity index (χ1v) is 3.84. The molecule has 72 valence electrons. The molecule has 1 N–H and O–H groups in total. The van der Waals surface area contributed by atoms with Gasteiger partial charge in [0.1, 0.15) is 5.69 Å². The number of aromatic amines is 1. The van der Waals surface area contributed by atoms with Crippen molar-refractivity contribution in [2.75, 3.05) is 7.11 Å². The third kappa shape index (κ3) is 1.26. The topological polar surface area (TPSA) is 81.0 Å². The molecule has 2 rings (SSSR count). The summed E-state index contributed by atoms with van der Waals surface area (Å²) < 4.78 is 9.41. The molecule has 0 amide bonds. The second-order valence-corrected chi connectivity index (χ2v) is 2.52. The number of furan rings is 1. The lowest BCUT2D eigenvalue weighted by atomic mass is 10.2. The molecular formula is C8H7N3O3. The van der Waals surface area contributed by atoms with Crippen LogP contribution in [0.4, 0.5) is 0 Å². The Labute approximate surface area is 78.9 Å². The van der Waals surface area contributed by atoms with Gasteiger partial charge in [0, 0.05) is 5.56 Å². The summed E-state index contributed by atoms with van der Waals surface area (Å²) in [5, 5.41) is 9.88. The Morgan fingerprint density at radius 1 is 1.57 bits per heavy atom. The van der Waals surface area contributed by atoms with E-state index in [-0.39, 0.29) is 5.69 Å². The zero-order chi connectivity index (χ0) is 9.97. The summed E-state index contributed by atoms with van der Waals surface area (Å²) >= 11 is 0. The number of carbonyl (C=O) groups is 1. The number of nitrogens with one attached hydrogen (secondary N) is 1. The predicted octanol–water partition coefficient (Wildman–Crippen LogP) is 0.851. The van der Waals surface area contributed by atoms with Crippen molar-refractivity contribution in [3.63, 3.8) is 0 Å². The van der Waals surface area contributed by atoms with E-state index in [1.54, 1.807) is 6.07 Å². The summed E-state index contributed by atoms with van der Waals surface area (Å²) in [6.07, 6.45) is 2.97. The van der Waals surface area contributed by atoms with E-state index in [0.29, 0.717) is 11.3 Å². The number of esters is 1. The Hall–Kier alpha value is -2.11. The van der Waals surface area contributed by atoms with Crippen LogP contribution in [0, 0.1) is 0 Å².